The molecule has 2 amide bonds. The van der Waals surface area contributed by atoms with Gasteiger partial charge in [-0.15, -0.1) is 0 Å². The van der Waals surface area contributed by atoms with Crippen molar-refractivity contribution in [1.82, 2.24) is 24.7 Å². The number of amides is 2. The van der Waals surface area contributed by atoms with Gasteiger partial charge >= 0.3 is 0 Å². The molecular formula is C31H40N6O4. The Balaban J connectivity index is 1.36. The summed E-state index contributed by atoms with van der Waals surface area (Å²) in [6.07, 6.45) is 4.66. The van der Waals surface area contributed by atoms with E-state index in [1.54, 1.807) is 31.3 Å². The summed E-state index contributed by atoms with van der Waals surface area (Å²) in [4.78, 5) is 37.4. The molecule has 0 bridgehead atoms. The van der Waals surface area contributed by atoms with E-state index in [4.69, 9.17) is 9.47 Å². The van der Waals surface area contributed by atoms with Gasteiger partial charge in [0.1, 0.15) is 5.69 Å². The fourth-order valence-electron chi connectivity index (χ4n) is 5.87. The molecular weight excluding hydrogens is 520 g/mol. The molecule has 1 fully saturated rings. The molecule has 0 radical (unpaired) electrons. The first-order valence-corrected chi connectivity index (χ1v) is 14.3. The van der Waals surface area contributed by atoms with Crippen molar-refractivity contribution in [3.8, 4) is 11.5 Å². The molecule has 2 aliphatic rings. The molecule has 218 valence electrons. The Bertz CT molecular complexity index is 1380. The van der Waals surface area contributed by atoms with E-state index in [9.17, 15) is 9.59 Å². The van der Waals surface area contributed by atoms with Crippen LogP contribution in [0.5, 0.6) is 11.5 Å². The highest BCUT2D eigenvalue weighted by Crippen LogP contribution is 2.40. The van der Waals surface area contributed by atoms with Gasteiger partial charge in [-0.2, -0.15) is 0 Å². The minimum absolute atomic E-state index is 0.0337. The third-order valence-corrected chi connectivity index (χ3v) is 8.18. The zero-order valence-electron chi connectivity index (χ0n) is 24.4. The third-order valence-electron chi connectivity index (χ3n) is 8.18. The summed E-state index contributed by atoms with van der Waals surface area (Å²) in [5.41, 5.74) is 4.38. The summed E-state index contributed by atoms with van der Waals surface area (Å²) >= 11 is 0. The van der Waals surface area contributed by atoms with Crippen LogP contribution in [0.2, 0.25) is 0 Å². The van der Waals surface area contributed by atoms with E-state index in [0.717, 1.165) is 55.1 Å². The number of ether oxygens (including phenoxy) is 2. The topological polar surface area (TPSA) is 92.2 Å². The van der Waals surface area contributed by atoms with Crippen LogP contribution in [0.3, 0.4) is 0 Å². The van der Waals surface area contributed by atoms with Gasteiger partial charge in [-0.25, -0.2) is 4.98 Å². The molecule has 0 saturated carbocycles. The largest absolute Gasteiger partial charge is 0.493 e. The van der Waals surface area contributed by atoms with Crippen molar-refractivity contribution < 1.29 is 19.1 Å². The van der Waals surface area contributed by atoms with Gasteiger partial charge in [0.15, 0.2) is 11.5 Å². The number of anilines is 1. The van der Waals surface area contributed by atoms with Gasteiger partial charge in [-0.05, 0) is 49.2 Å². The number of aryl methyl sites for hydroxylation is 1. The predicted molar refractivity (Wildman–Crippen MR) is 158 cm³/mol. The minimum atomic E-state index is -0.203. The lowest BCUT2D eigenvalue weighted by molar-refractivity contribution is 0.0687. The number of benzene rings is 2. The fourth-order valence-corrected chi connectivity index (χ4v) is 5.87. The van der Waals surface area contributed by atoms with Gasteiger partial charge in [0.25, 0.3) is 11.8 Å². The van der Waals surface area contributed by atoms with E-state index in [2.05, 4.69) is 33.1 Å². The minimum Gasteiger partial charge on any atom is -0.493 e. The SMILES string of the molecule is CCN1CCN(c2cccc3c2CN([C@H](CCCNC(=O)c2cn(C)cn2)c2ccc(OC)c(OC)c2)C3=O)CC1. The van der Waals surface area contributed by atoms with Crippen LogP contribution >= 0.6 is 0 Å². The maximum absolute atomic E-state index is 13.9. The molecule has 1 atom stereocenters. The third kappa shape index (κ3) is 6.02. The summed E-state index contributed by atoms with van der Waals surface area (Å²) in [5, 5.41) is 2.97. The number of carbonyl (C=O) groups excluding carboxylic acids is 2. The fraction of sp³-hybridized carbons (Fsp3) is 0.452. The molecule has 1 N–H and O–H groups in total. The highest BCUT2D eigenvalue weighted by atomic mass is 16.5. The second-order valence-corrected chi connectivity index (χ2v) is 10.6. The molecule has 2 aliphatic heterocycles. The van der Waals surface area contributed by atoms with E-state index in [1.807, 2.05) is 42.3 Å². The summed E-state index contributed by atoms with van der Waals surface area (Å²) in [5.74, 6) is 1.09. The van der Waals surface area contributed by atoms with Gasteiger partial charge in [0.2, 0.25) is 0 Å². The normalized spacial score (nSPS) is 16.0. The molecule has 3 heterocycles. The average molecular weight is 561 g/mol. The number of rotatable bonds is 11. The highest BCUT2D eigenvalue weighted by Gasteiger charge is 2.36. The Hall–Kier alpha value is -4.05. The Morgan fingerprint density at radius 3 is 2.54 bits per heavy atom. The molecule has 5 rings (SSSR count). The highest BCUT2D eigenvalue weighted by molar-refractivity contribution is 6.00. The second kappa shape index (κ2) is 12.6. The average Bonchev–Trinajstić information content (AvgIpc) is 3.59. The molecule has 1 saturated heterocycles. The molecule has 0 spiro atoms. The molecule has 3 aromatic rings. The van der Waals surface area contributed by atoms with E-state index in [0.29, 0.717) is 43.1 Å². The first-order valence-electron chi connectivity index (χ1n) is 14.3. The quantitative estimate of drug-likeness (QED) is 0.359. The number of nitrogens with zero attached hydrogens (tertiary/aromatic N) is 5. The van der Waals surface area contributed by atoms with E-state index >= 15 is 0 Å². The molecule has 1 aromatic heterocycles. The smallest absolute Gasteiger partial charge is 0.271 e. The lowest BCUT2D eigenvalue weighted by atomic mass is 9.99. The molecule has 0 aliphatic carbocycles. The van der Waals surface area contributed by atoms with Gasteiger partial charge < -0.3 is 34.1 Å². The van der Waals surface area contributed by atoms with Gasteiger partial charge in [0.05, 0.1) is 26.6 Å². The second-order valence-electron chi connectivity index (χ2n) is 10.6. The molecule has 0 unspecified atom stereocenters. The Kier molecular flexibility index (Phi) is 8.78. The van der Waals surface area contributed by atoms with Crippen LogP contribution in [0, 0.1) is 0 Å². The number of hydrogen-bond donors (Lipinski definition) is 1. The Morgan fingerprint density at radius 1 is 1.07 bits per heavy atom. The molecule has 41 heavy (non-hydrogen) atoms. The van der Waals surface area contributed by atoms with Crippen LogP contribution in [-0.2, 0) is 13.6 Å². The number of nitrogens with one attached hydrogen (secondary N) is 1. The number of imidazole rings is 1. The van der Waals surface area contributed by atoms with E-state index in [-0.39, 0.29) is 17.9 Å². The van der Waals surface area contributed by atoms with Crippen LogP contribution in [0.25, 0.3) is 0 Å². The van der Waals surface area contributed by atoms with E-state index in [1.165, 1.54) is 0 Å². The summed E-state index contributed by atoms with van der Waals surface area (Å²) in [6, 6.07) is 11.7. The number of aromatic nitrogens is 2. The van der Waals surface area contributed by atoms with Crippen molar-refractivity contribution in [1.29, 1.82) is 0 Å². The van der Waals surface area contributed by atoms with Crippen LogP contribution < -0.4 is 19.7 Å². The van der Waals surface area contributed by atoms with Crippen molar-refractivity contribution in [2.75, 3.05) is 58.4 Å². The molecule has 2 aromatic carbocycles. The summed E-state index contributed by atoms with van der Waals surface area (Å²) in [7, 11) is 5.06. The number of methoxy groups -OCH3 is 2. The van der Waals surface area contributed by atoms with Gasteiger partial charge in [-0.3, -0.25) is 9.59 Å². The number of piperazine rings is 1. The van der Waals surface area contributed by atoms with Crippen LogP contribution in [-0.4, -0.2) is 84.7 Å². The summed E-state index contributed by atoms with van der Waals surface area (Å²) in [6.45, 7) is 8.22. The van der Waals surface area contributed by atoms with Crippen LogP contribution in [0.4, 0.5) is 5.69 Å². The van der Waals surface area contributed by atoms with Crippen molar-refractivity contribution in [2.24, 2.45) is 7.05 Å². The van der Waals surface area contributed by atoms with Gasteiger partial charge in [-0.1, -0.05) is 19.1 Å². The zero-order valence-corrected chi connectivity index (χ0v) is 24.4. The maximum Gasteiger partial charge on any atom is 0.271 e. The summed E-state index contributed by atoms with van der Waals surface area (Å²) < 4.78 is 12.8. The lowest BCUT2D eigenvalue weighted by Crippen LogP contribution is -2.46. The number of carbonyl (C=O) groups is 2. The van der Waals surface area contributed by atoms with Crippen molar-refractivity contribution in [2.45, 2.75) is 32.4 Å². The number of fused-ring (bicyclic) bond motifs is 1. The zero-order chi connectivity index (χ0) is 28.9. The molecule has 10 nitrogen and oxygen atoms in total. The maximum atomic E-state index is 13.9. The van der Waals surface area contributed by atoms with Gasteiger partial charge in [0, 0.05) is 69.3 Å². The standard InChI is InChI=1S/C31H40N6O4/c1-5-35-14-16-36(17-15-35)27-9-6-8-23-24(27)19-37(31(23)39)26(22-11-12-28(40-3)29(18-22)41-4)10-7-13-32-30(38)25-20-34(2)21-33-25/h6,8-9,11-12,18,20-21,26H,5,7,10,13-17,19H2,1-4H3,(H,32,38)/t26-/m1/s1. The van der Waals surface area contributed by atoms with E-state index < -0.39 is 0 Å². The number of hydrogen-bond acceptors (Lipinski definition) is 7. The van der Waals surface area contributed by atoms with Crippen molar-refractivity contribution in [3.05, 3.63) is 71.3 Å². The van der Waals surface area contributed by atoms with Crippen molar-refractivity contribution >= 4 is 17.5 Å². The predicted octanol–water partition coefficient (Wildman–Crippen LogP) is 3.49. The first-order chi connectivity index (χ1) is 19.9. The number of likely N-dealkylation sites (N-methyl/N-ethyl adjacent to an activating group) is 1. The Morgan fingerprint density at radius 2 is 1.85 bits per heavy atom. The molecule has 10 heteroatoms. The van der Waals surface area contributed by atoms with Crippen molar-refractivity contribution in [3.63, 3.8) is 0 Å². The Labute approximate surface area is 241 Å². The lowest BCUT2D eigenvalue weighted by Gasteiger charge is -2.36. The van der Waals surface area contributed by atoms with Crippen LogP contribution in [0.15, 0.2) is 48.9 Å². The monoisotopic (exact) mass is 560 g/mol. The first kappa shape index (κ1) is 28.5. The van der Waals surface area contributed by atoms with Crippen LogP contribution in [0.1, 0.15) is 57.8 Å².